The zero-order chi connectivity index (χ0) is 16.1. The SMILES string of the molecule is Cc1cccc(C(C)C)c1NC(=O)[C@@H](C)Oc1ccccc1. The van der Waals surface area contributed by atoms with Crippen molar-refractivity contribution in [3.8, 4) is 5.75 Å². The maximum Gasteiger partial charge on any atom is 0.265 e. The Morgan fingerprint density at radius 3 is 2.32 bits per heavy atom. The average molecular weight is 297 g/mol. The van der Waals surface area contributed by atoms with Crippen LogP contribution in [-0.4, -0.2) is 12.0 Å². The normalized spacial score (nSPS) is 12.0. The first-order valence-electron chi connectivity index (χ1n) is 7.61. The summed E-state index contributed by atoms with van der Waals surface area (Å²) < 4.78 is 5.68. The van der Waals surface area contributed by atoms with Crippen LogP contribution >= 0.6 is 0 Å². The maximum atomic E-state index is 12.4. The molecule has 0 aromatic heterocycles. The Hall–Kier alpha value is -2.29. The van der Waals surface area contributed by atoms with Gasteiger partial charge in [-0.1, -0.05) is 50.2 Å². The number of rotatable bonds is 5. The molecular weight excluding hydrogens is 274 g/mol. The van der Waals surface area contributed by atoms with Crippen molar-refractivity contribution < 1.29 is 9.53 Å². The number of benzene rings is 2. The molecule has 0 radical (unpaired) electrons. The van der Waals surface area contributed by atoms with Crippen molar-refractivity contribution in [2.24, 2.45) is 0 Å². The molecule has 2 aromatic rings. The number of anilines is 1. The fraction of sp³-hybridized carbons (Fsp3) is 0.316. The van der Waals surface area contributed by atoms with Crippen molar-refractivity contribution in [1.29, 1.82) is 0 Å². The molecule has 0 fully saturated rings. The molecule has 2 aromatic carbocycles. The van der Waals surface area contributed by atoms with Gasteiger partial charge in [0, 0.05) is 5.69 Å². The molecule has 0 bridgehead atoms. The summed E-state index contributed by atoms with van der Waals surface area (Å²) in [6.07, 6.45) is -0.554. The Morgan fingerprint density at radius 2 is 1.68 bits per heavy atom. The first-order chi connectivity index (χ1) is 10.5. The van der Waals surface area contributed by atoms with E-state index in [9.17, 15) is 4.79 Å². The molecule has 0 aliphatic heterocycles. The lowest BCUT2D eigenvalue weighted by Crippen LogP contribution is -2.30. The summed E-state index contributed by atoms with van der Waals surface area (Å²) in [5, 5.41) is 3.02. The standard InChI is InChI=1S/C19H23NO2/c1-13(2)17-12-8-9-14(3)18(17)20-19(21)15(4)22-16-10-6-5-7-11-16/h5-13,15H,1-4H3,(H,20,21)/t15-/m1/s1. The molecule has 3 heteroatoms. The first-order valence-corrected chi connectivity index (χ1v) is 7.61. The van der Waals surface area contributed by atoms with E-state index in [1.165, 1.54) is 0 Å². The highest BCUT2D eigenvalue weighted by Crippen LogP contribution is 2.27. The van der Waals surface area contributed by atoms with Gasteiger partial charge in [0.25, 0.3) is 5.91 Å². The summed E-state index contributed by atoms with van der Waals surface area (Å²) in [5.74, 6) is 0.902. The molecule has 0 spiro atoms. The fourth-order valence-electron chi connectivity index (χ4n) is 2.32. The zero-order valence-electron chi connectivity index (χ0n) is 13.6. The van der Waals surface area contributed by atoms with Gasteiger partial charge in [0.2, 0.25) is 0 Å². The van der Waals surface area contributed by atoms with Crippen LogP contribution in [0.5, 0.6) is 5.75 Å². The molecule has 22 heavy (non-hydrogen) atoms. The van der Waals surface area contributed by atoms with Crippen molar-refractivity contribution in [1.82, 2.24) is 0 Å². The number of hydrogen-bond acceptors (Lipinski definition) is 2. The van der Waals surface area contributed by atoms with Crippen molar-refractivity contribution in [2.45, 2.75) is 39.7 Å². The summed E-state index contributed by atoms with van der Waals surface area (Å²) in [6.45, 7) is 8.00. The third kappa shape index (κ3) is 3.88. The Labute approximate surface area is 132 Å². The number of amides is 1. The second-order valence-electron chi connectivity index (χ2n) is 5.76. The van der Waals surface area contributed by atoms with E-state index in [0.29, 0.717) is 11.7 Å². The zero-order valence-corrected chi connectivity index (χ0v) is 13.6. The number of nitrogens with one attached hydrogen (secondary N) is 1. The predicted molar refractivity (Wildman–Crippen MR) is 90.4 cm³/mol. The van der Waals surface area contributed by atoms with E-state index >= 15 is 0 Å². The molecule has 0 aliphatic rings. The molecular formula is C19H23NO2. The molecule has 3 nitrogen and oxygen atoms in total. The van der Waals surface area contributed by atoms with Crippen LogP contribution in [0.15, 0.2) is 48.5 Å². The van der Waals surface area contributed by atoms with Gasteiger partial charge >= 0.3 is 0 Å². The van der Waals surface area contributed by atoms with Crippen LogP contribution in [0.4, 0.5) is 5.69 Å². The van der Waals surface area contributed by atoms with E-state index in [-0.39, 0.29) is 5.91 Å². The molecule has 2 rings (SSSR count). The first kappa shape index (κ1) is 16.1. The molecule has 1 atom stereocenters. The molecule has 0 saturated heterocycles. The highest BCUT2D eigenvalue weighted by molar-refractivity contribution is 5.95. The number of carbonyl (C=O) groups excluding carboxylic acids is 1. The third-order valence-electron chi connectivity index (χ3n) is 3.60. The molecule has 0 heterocycles. The monoisotopic (exact) mass is 297 g/mol. The van der Waals surface area contributed by atoms with Crippen LogP contribution in [0.2, 0.25) is 0 Å². The van der Waals surface area contributed by atoms with E-state index in [0.717, 1.165) is 16.8 Å². The second kappa shape index (κ2) is 7.12. The minimum Gasteiger partial charge on any atom is -0.481 e. The van der Waals surface area contributed by atoms with E-state index in [1.807, 2.05) is 49.4 Å². The van der Waals surface area contributed by atoms with Crippen LogP contribution < -0.4 is 10.1 Å². The average Bonchev–Trinajstić information content (AvgIpc) is 2.49. The van der Waals surface area contributed by atoms with Gasteiger partial charge in [-0.2, -0.15) is 0 Å². The highest BCUT2D eigenvalue weighted by Gasteiger charge is 2.18. The van der Waals surface area contributed by atoms with Gasteiger partial charge in [0.1, 0.15) is 5.75 Å². The number of ether oxygens (including phenoxy) is 1. The highest BCUT2D eigenvalue weighted by atomic mass is 16.5. The lowest BCUT2D eigenvalue weighted by Gasteiger charge is -2.19. The summed E-state index contributed by atoms with van der Waals surface area (Å²) in [5.41, 5.74) is 3.10. The van der Waals surface area contributed by atoms with Crippen molar-refractivity contribution in [2.75, 3.05) is 5.32 Å². The van der Waals surface area contributed by atoms with Crippen LogP contribution in [0, 0.1) is 6.92 Å². The molecule has 0 aliphatic carbocycles. The van der Waals surface area contributed by atoms with Gasteiger partial charge in [-0.25, -0.2) is 0 Å². The van der Waals surface area contributed by atoms with Gasteiger partial charge in [-0.15, -0.1) is 0 Å². The lowest BCUT2D eigenvalue weighted by atomic mass is 9.98. The molecule has 1 amide bonds. The smallest absolute Gasteiger partial charge is 0.265 e. The van der Waals surface area contributed by atoms with Crippen molar-refractivity contribution in [3.05, 3.63) is 59.7 Å². The van der Waals surface area contributed by atoms with Gasteiger partial charge in [-0.3, -0.25) is 4.79 Å². The number of carbonyl (C=O) groups is 1. The summed E-state index contributed by atoms with van der Waals surface area (Å²) in [4.78, 5) is 12.4. The van der Waals surface area contributed by atoms with Crippen molar-refractivity contribution in [3.63, 3.8) is 0 Å². The van der Waals surface area contributed by atoms with Crippen LogP contribution in [-0.2, 0) is 4.79 Å². The number of para-hydroxylation sites is 2. The fourth-order valence-corrected chi connectivity index (χ4v) is 2.32. The molecule has 1 N–H and O–H groups in total. The minimum atomic E-state index is -0.554. The Kier molecular flexibility index (Phi) is 5.21. The number of hydrogen-bond donors (Lipinski definition) is 1. The predicted octanol–water partition coefficient (Wildman–Crippen LogP) is 4.52. The van der Waals surface area contributed by atoms with E-state index < -0.39 is 6.10 Å². The van der Waals surface area contributed by atoms with E-state index in [1.54, 1.807) is 6.92 Å². The van der Waals surface area contributed by atoms with Gasteiger partial charge < -0.3 is 10.1 Å². The minimum absolute atomic E-state index is 0.139. The quantitative estimate of drug-likeness (QED) is 0.881. The Morgan fingerprint density at radius 1 is 1.00 bits per heavy atom. The van der Waals surface area contributed by atoms with Crippen LogP contribution in [0.1, 0.15) is 37.8 Å². The van der Waals surface area contributed by atoms with Gasteiger partial charge in [-0.05, 0) is 43.0 Å². The van der Waals surface area contributed by atoms with Crippen LogP contribution in [0.3, 0.4) is 0 Å². The Balaban J connectivity index is 2.12. The largest absolute Gasteiger partial charge is 0.481 e. The molecule has 0 unspecified atom stereocenters. The van der Waals surface area contributed by atoms with Crippen LogP contribution in [0.25, 0.3) is 0 Å². The van der Waals surface area contributed by atoms with Crippen molar-refractivity contribution >= 4 is 11.6 Å². The van der Waals surface area contributed by atoms with E-state index in [4.69, 9.17) is 4.74 Å². The number of aryl methyl sites for hydroxylation is 1. The summed E-state index contributed by atoms with van der Waals surface area (Å²) in [6, 6.07) is 15.5. The molecule has 0 saturated carbocycles. The maximum absolute atomic E-state index is 12.4. The Bertz CT molecular complexity index is 635. The summed E-state index contributed by atoms with van der Waals surface area (Å²) >= 11 is 0. The topological polar surface area (TPSA) is 38.3 Å². The molecule has 116 valence electrons. The summed E-state index contributed by atoms with van der Waals surface area (Å²) in [7, 11) is 0. The second-order valence-corrected chi connectivity index (χ2v) is 5.76. The van der Waals surface area contributed by atoms with Gasteiger partial charge in [0.15, 0.2) is 6.10 Å². The lowest BCUT2D eigenvalue weighted by molar-refractivity contribution is -0.122. The van der Waals surface area contributed by atoms with E-state index in [2.05, 4.69) is 25.2 Å². The van der Waals surface area contributed by atoms with Gasteiger partial charge in [0.05, 0.1) is 0 Å². The third-order valence-corrected chi connectivity index (χ3v) is 3.60.